The van der Waals surface area contributed by atoms with Crippen LogP contribution in [0.5, 0.6) is 0 Å². The molecule has 2 unspecified atom stereocenters. The molecule has 0 aliphatic carbocycles. The van der Waals surface area contributed by atoms with Crippen molar-refractivity contribution in [3.05, 3.63) is 29.3 Å². The summed E-state index contributed by atoms with van der Waals surface area (Å²) in [6.07, 6.45) is 2.98. The van der Waals surface area contributed by atoms with Gasteiger partial charge in [0.15, 0.2) is 5.58 Å². The summed E-state index contributed by atoms with van der Waals surface area (Å²) >= 11 is 1.54. The van der Waals surface area contributed by atoms with E-state index in [1.807, 2.05) is 24.4 Å². The van der Waals surface area contributed by atoms with Gasteiger partial charge in [-0.25, -0.2) is 4.98 Å². The number of anilines is 1. The largest absolute Gasteiger partial charge is 0.423 e. The van der Waals surface area contributed by atoms with E-state index in [4.69, 9.17) is 9.40 Å². The number of aromatic nitrogens is 2. The monoisotopic (exact) mass is 369 g/mol. The molecule has 3 aliphatic rings. The molecule has 1 amide bonds. The topological polar surface area (TPSA) is 83.3 Å². The highest BCUT2D eigenvalue weighted by molar-refractivity contribution is 7.13. The first kappa shape index (κ1) is 15.8. The fraction of sp³-hybridized carbons (Fsp3) is 0.389. The second kappa shape index (κ2) is 6.07. The smallest absolute Gasteiger partial charge is 0.298 e. The summed E-state index contributed by atoms with van der Waals surface area (Å²) in [5, 5.41) is 9.16. The zero-order chi connectivity index (χ0) is 17.7. The highest BCUT2D eigenvalue weighted by atomic mass is 32.1. The van der Waals surface area contributed by atoms with E-state index in [9.17, 15) is 4.79 Å². The number of carbonyl (C=O) groups excluding carboxylic acids is 1. The molecule has 0 saturated carbocycles. The number of nitrogens with one attached hydrogen (secondary N) is 2. The van der Waals surface area contributed by atoms with Crippen molar-refractivity contribution in [1.82, 2.24) is 20.6 Å². The molecule has 26 heavy (non-hydrogen) atoms. The van der Waals surface area contributed by atoms with Crippen molar-refractivity contribution in [3.8, 4) is 10.6 Å². The number of piperidine rings is 1. The SMILES string of the molecule is CCNC(=O)c1ccc(-c2nccs2)c2oc(N3CC4CC(C3)N4)nc12. The Bertz CT molecular complexity index is 952. The molecule has 3 aromatic rings. The number of benzene rings is 1. The van der Waals surface area contributed by atoms with Crippen molar-refractivity contribution < 1.29 is 9.21 Å². The van der Waals surface area contributed by atoms with Gasteiger partial charge in [-0.1, -0.05) is 0 Å². The summed E-state index contributed by atoms with van der Waals surface area (Å²) in [6, 6.07) is 5.31. The van der Waals surface area contributed by atoms with E-state index in [1.165, 1.54) is 6.42 Å². The molecule has 1 aromatic carbocycles. The Hall–Kier alpha value is -2.45. The van der Waals surface area contributed by atoms with Crippen LogP contribution in [0.25, 0.3) is 21.7 Å². The summed E-state index contributed by atoms with van der Waals surface area (Å²) in [4.78, 5) is 23.7. The third-order valence-corrected chi connectivity index (χ3v) is 5.78. The molecule has 7 nitrogen and oxygen atoms in total. The number of amides is 1. The summed E-state index contributed by atoms with van der Waals surface area (Å²) in [7, 11) is 0. The highest BCUT2D eigenvalue weighted by Crippen LogP contribution is 2.36. The summed E-state index contributed by atoms with van der Waals surface area (Å²) in [5.74, 6) is -0.133. The lowest BCUT2D eigenvalue weighted by atomic mass is 9.92. The molecule has 2 N–H and O–H groups in total. The Labute approximate surface area is 154 Å². The van der Waals surface area contributed by atoms with E-state index in [1.54, 1.807) is 17.5 Å². The Morgan fingerprint density at radius 2 is 2.23 bits per heavy atom. The van der Waals surface area contributed by atoms with Crippen LogP contribution in [0.1, 0.15) is 23.7 Å². The number of nitrogens with zero attached hydrogens (tertiary/aromatic N) is 3. The van der Waals surface area contributed by atoms with Crippen LogP contribution in [0.4, 0.5) is 6.01 Å². The van der Waals surface area contributed by atoms with Gasteiger partial charge in [-0.2, -0.15) is 4.98 Å². The minimum absolute atomic E-state index is 0.133. The number of hydrogen-bond acceptors (Lipinski definition) is 7. The average molecular weight is 369 g/mol. The molecule has 3 fully saturated rings. The molecule has 3 aliphatic heterocycles. The third kappa shape index (κ3) is 2.48. The number of thiazole rings is 1. The molecular formula is C18H19N5O2S. The summed E-state index contributed by atoms with van der Waals surface area (Å²) < 4.78 is 6.17. The lowest BCUT2D eigenvalue weighted by Crippen LogP contribution is -2.67. The molecule has 134 valence electrons. The van der Waals surface area contributed by atoms with Crippen LogP contribution in [-0.2, 0) is 0 Å². The number of piperazine rings is 1. The first-order chi connectivity index (χ1) is 12.7. The van der Waals surface area contributed by atoms with Crippen molar-refractivity contribution in [2.45, 2.75) is 25.4 Å². The van der Waals surface area contributed by atoms with E-state index in [2.05, 4.69) is 20.5 Å². The maximum absolute atomic E-state index is 12.5. The molecule has 3 saturated heterocycles. The molecule has 2 atom stereocenters. The number of hydrogen-bond donors (Lipinski definition) is 2. The Balaban J connectivity index is 1.63. The second-order valence-electron chi connectivity index (χ2n) is 6.73. The van der Waals surface area contributed by atoms with Crippen molar-refractivity contribution in [1.29, 1.82) is 0 Å². The number of carbonyl (C=O) groups is 1. The first-order valence-corrected chi connectivity index (χ1v) is 9.73. The quantitative estimate of drug-likeness (QED) is 0.734. The second-order valence-corrected chi connectivity index (χ2v) is 7.63. The van der Waals surface area contributed by atoms with Crippen LogP contribution >= 0.6 is 11.3 Å². The molecule has 0 radical (unpaired) electrons. The maximum atomic E-state index is 12.5. The van der Waals surface area contributed by atoms with Crippen molar-refractivity contribution in [2.24, 2.45) is 0 Å². The van der Waals surface area contributed by atoms with Crippen LogP contribution in [0.3, 0.4) is 0 Å². The predicted octanol–water partition coefficient (Wildman–Crippen LogP) is 2.25. The molecule has 2 bridgehead atoms. The molecule has 0 spiro atoms. The fourth-order valence-electron chi connectivity index (χ4n) is 3.76. The van der Waals surface area contributed by atoms with E-state index < -0.39 is 0 Å². The van der Waals surface area contributed by atoms with Crippen LogP contribution in [0.2, 0.25) is 0 Å². The van der Waals surface area contributed by atoms with Gasteiger partial charge < -0.3 is 20.0 Å². The third-order valence-electron chi connectivity index (χ3n) is 4.97. The minimum atomic E-state index is -0.133. The van der Waals surface area contributed by atoms with Crippen LogP contribution in [0.15, 0.2) is 28.1 Å². The maximum Gasteiger partial charge on any atom is 0.298 e. The van der Waals surface area contributed by atoms with E-state index in [-0.39, 0.29) is 5.91 Å². The van der Waals surface area contributed by atoms with Crippen molar-refractivity contribution in [3.63, 3.8) is 0 Å². The van der Waals surface area contributed by atoms with Gasteiger partial charge in [-0.05, 0) is 25.5 Å². The van der Waals surface area contributed by atoms with Gasteiger partial charge >= 0.3 is 0 Å². The van der Waals surface area contributed by atoms with Crippen LogP contribution in [0, 0.1) is 0 Å². The van der Waals surface area contributed by atoms with E-state index in [0.717, 1.165) is 23.7 Å². The molecule has 6 rings (SSSR count). The minimum Gasteiger partial charge on any atom is -0.423 e. The van der Waals surface area contributed by atoms with Crippen molar-refractivity contribution in [2.75, 3.05) is 24.5 Å². The van der Waals surface area contributed by atoms with E-state index >= 15 is 0 Å². The first-order valence-electron chi connectivity index (χ1n) is 8.85. The zero-order valence-electron chi connectivity index (χ0n) is 14.4. The lowest BCUT2D eigenvalue weighted by Gasteiger charge is -2.47. The Kier molecular flexibility index (Phi) is 3.68. The van der Waals surface area contributed by atoms with Gasteiger partial charge in [0, 0.05) is 43.3 Å². The van der Waals surface area contributed by atoms with Gasteiger partial charge in [0.2, 0.25) is 0 Å². The average Bonchev–Trinajstić information content (AvgIpc) is 3.30. The Morgan fingerprint density at radius 3 is 2.92 bits per heavy atom. The van der Waals surface area contributed by atoms with Crippen LogP contribution in [-0.4, -0.2) is 47.6 Å². The lowest BCUT2D eigenvalue weighted by molar-refractivity contribution is 0.0957. The predicted molar refractivity (Wildman–Crippen MR) is 101 cm³/mol. The van der Waals surface area contributed by atoms with Gasteiger partial charge in [0.05, 0.1) is 11.1 Å². The van der Waals surface area contributed by atoms with E-state index in [0.29, 0.717) is 41.3 Å². The standard InChI is InChI=1S/C18H19N5O2S/c1-2-19-16(24)12-3-4-13(17-20-5-6-26-17)15-14(12)22-18(25-15)23-8-10-7-11(9-23)21-10/h3-6,10-11,21H,2,7-9H2,1H3,(H,19,24). The zero-order valence-corrected chi connectivity index (χ0v) is 15.2. The number of oxazole rings is 1. The van der Waals surface area contributed by atoms with Crippen LogP contribution < -0.4 is 15.5 Å². The van der Waals surface area contributed by atoms with Gasteiger partial charge in [0.25, 0.3) is 11.9 Å². The molecule has 5 heterocycles. The molecular weight excluding hydrogens is 350 g/mol. The summed E-state index contributed by atoms with van der Waals surface area (Å²) in [6.45, 7) is 4.24. The molecule has 8 heteroatoms. The van der Waals surface area contributed by atoms with Crippen molar-refractivity contribution >= 4 is 34.4 Å². The fourth-order valence-corrected chi connectivity index (χ4v) is 4.42. The van der Waals surface area contributed by atoms with Gasteiger partial charge in [-0.15, -0.1) is 11.3 Å². The Morgan fingerprint density at radius 1 is 1.42 bits per heavy atom. The van der Waals surface area contributed by atoms with Gasteiger partial charge in [0.1, 0.15) is 10.5 Å². The summed E-state index contributed by atoms with van der Waals surface area (Å²) in [5.41, 5.74) is 2.65. The highest BCUT2D eigenvalue weighted by Gasteiger charge is 2.38. The number of rotatable bonds is 4. The van der Waals surface area contributed by atoms with Gasteiger partial charge in [-0.3, -0.25) is 4.79 Å². The molecule has 2 aromatic heterocycles. The normalized spacial score (nSPS) is 21.7. The number of fused-ring (bicyclic) bond motifs is 3.